The molecular weight excluding hydrogens is 188 g/mol. The number of oxazole rings is 1. The van der Waals surface area contributed by atoms with Crippen LogP contribution in [0, 0.1) is 12.3 Å². The van der Waals surface area contributed by atoms with Crippen LogP contribution in [0.5, 0.6) is 0 Å². The summed E-state index contributed by atoms with van der Waals surface area (Å²) in [6, 6.07) is -0.178. The van der Waals surface area contributed by atoms with Crippen molar-refractivity contribution in [2.24, 2.45) is 0 Å². The number of rotatable bonds is 3. The third-order valence-corrected chi connectivity index (χ3v) is 1.23. The normalized spacial score (nSPS) is 9.07. The van der Waals surface area contributed by atoms with Gasteiger partial charge in [-0.05, 0) is 0 Å². The molecule has 0 saturated heterocycles. The predicted molar refractivity (Wildman–Crippen MR) is 45.5 cm³/mol. The zero-order chi connectivity index (χ0) is 10.6. The Balaban J connectivity index is 2.65. The standard InChI is InChI=1S/C8H6N2O4/c1-2-3-6(11)10-8-9-4-5(14-8)7(12)13/h1,4H,3H2,(H,12,13)(H,9,10,11). The van der Waals surface area contributed by atoms with Crippen molar-refractivity contribution in [2.45, 2.75) is 6.42 Å². The Morgan fingerprint density at radius 3 is 2.93 bits per heavy atom. The van der Waals surface area contributed by atoms with Crippen LogP contribution in [0.3, 0.4) is 0 Å². The van der Waals surface area contributed by atoms with Gasteiger partial charge < -0.3 is 9.52 Å². The maximum atomic E-state index is 10.9. The summed E-state index contributed by atoms with van der Waals surface area (Å²) in [7, 11) is 0. The molecule has 1 aromatic rings. The average Bonchev–Trinajstić information content (AvgIpc) is 2.53. The van der Waals surface area contributed by atoms with Crippen molar-refractivity contribution < 1.29 is 19.1 Å². The van der Waals surface area contributed by atoms with Gasteiger partial charge in [0.25, 0.3) is 0 Å². The van der Waals surface area contributed by atoms with Gasteiger partial charge >= 0.3 is 12.0 Å². The summed E-state index contributed by atoms with van der Waals surface area (Å²) in [5, 5.41) is 10.7. The Morgan fingerprint density at radius 1 is 1.71 bits per heavy atom. The summed E-state index contributed by atoms with van der Waals surface area (Å²) in [4.78, 5) is 24.7. The number of terminal acetylenes is 1. The number of aromatic nitrogens is 1. The first-order valence-electron chi connectivity index (χ1n) is 3.56. The van der Waals surface area contributed by atoms with Crippen molar-refractivity contribution in [1.29, 1.82) is 0 Å². The van der Waals surface area contributed by atoms with E-state index in [1.807, 2.05) is 0 Å². The highest BCUT2D eigenvalue weighted by molar-refractivity contribution is 5.91. The second kappa shape index (κ2) is 4.09. The van der Waals surface area contributed by atoms with Crippen LogP contribution in [-0.4, -0.2) is 22.0 Å². The minimum atomic E-state index is -1.25. The zero-order valence-electron chi connectivity index (χ0n) is 6.98. The molecule has 0 radical (unpaired) electrons. The lowest BCUT2D eigenvalue weighted by Crippen LogP contribution is -2.10. The van der Waals surface area contributed by atoms with Gasteiger partial charge in [-0.1, -0.05) is 5.92 Å². The second-order valence-electron chi connectivity index (χ2n) is 2.26. The van der Waals surface area contributed by atoms with Crippen LogP contribution in [0.4, 0.5) is 6.01 Å². The molecule has 1 rings (SSSR count). The number of carboxylic acids is 1. The molecule has 1 amide bonds. The topological polar surface area (TPSA) is 92.4 Å². The Bertz CT molecular complexity index is 402. The fourth-order valence-electron chi connectivity index (χ4n) is 0.687. The summed E-state index contributed by atoms with van der Waals surface area (Å²) >= 11 is 0. The summed E-state index contributed by atoms with van der Waals surface area (Å²) in [5.41, 5.74) is 0. The monoisotopic (exact) mass is 194 g/mol. The van der Waals surface area contributed by atoms with Gasteiger partial charge in [0.1, 0.15) is 0 Å². The summed E-state index contributed by atoms with van der Waals surface area (Å²) in [6.07, 6.45) is 5.75. The fourth-order valence-corrected chi connectivity index (χ4v) is 0.687. The number of anilines is 1. The van der Waals surface area contributed by atoms with E-state index in [1.54, 1.807) is 0 Å². The lowest BCUT2D eigenvalue weighted by molar-refractivity contribution is -0.115. The minimum Gasteiger partial charge on any atom is -0.475 e. The number of aromatic carboxylic acids is 1. The van der Waals surface area contributed by atoms with E-state index in [4.69, 9.17) is 11.5 Å². The van der Waals surface area contributed by atoms with Crippen LogP contribution in [0.1, 0.15) is 17.0 Å². The van der Waals surface area contributed by atoms with Gasteiger partial charge in [-0.25, -0.2) is 9.78 Å². The van der Waals surface area contributed by atoms with Gasteiger partial charge in [0, 0.05) is 0 Å². The van der Waals surface area contributed by atoms with E-state index in [2.05, 4.69) is 20.6 Å². The van der Waals surface area contributed by atoms with E-state index >= 15 is 0 Å². The van der Waals surface area contributed by atoms with Crippen LogP contribution in [0.25, 0.3) is 0 Å². The van der Waals surface area contributed by atoms with Crippen molar-refractivity contribution in [3.8, 4) is 12.3 Å². The Labute approximate surface area is 78.9 Å². The molecule has 0 unspecified atom stereocenters. The largest absolute Gasteiger partial charge is 0.475 e. The quantitative estimate of drug-likeness (QED) is 0.676. The molecule has 2 N–H and O–H groups in total. The van der Waals surface area contributed by atoms with Gasteiger partial charge in [0.05, 0.1) is 12.6 Å². The SMILES string of the molecule is C#CCC(=O)Nc1ncc(C(=O)O)o1. The third kappa shape index (κ3) is 2.35. The number of hydrogen-bond acceptors (Lipinski definition) is 4. The molecule has 0 aromatic carbocycles. The molecule has 0 aliphatic rings. The van der Waals surface area contributed by atoms with E-state index in [9.17, 15) is 9.59 Å². The minimum absolute atomic E-state index is 0.120. The molecule has 0 aliphatic carbocycles. The van der Waals surface area contributed by atoms with Crippen molar-refractivity contribution in [2.75, 3.05) is 5.32 Å². The zero-order valence-corrected chi connectivity index (χ0v) is 6.98. The van der Waals surface area contributed by atoms with Crippen LogP contribution in [0.15, 0.2) is 10.6 Å². The molecule has 0 aliphatic heterocycles. The summed E-state index contributed by atoms with van der Waals surface area (Å²) in [5.74, 6) is 0.0382. The van der Waals surface area contributed by atoms with Crippen LogP contribution < -0.4 is 5.32 Å². The molecule has 6 nitrogen and oxygen atoms in total. The van der Waals surface area contributed by atoms with Crippen molar-refractivity contribution in [1.82, 2.24) is 4.98 Å². The highest BCUT2D eigenvalue weighted by atomic mass is 16.4. The molecule has 0 atom stereocenters. The number of hydrogen-bond donors (Lipinski definition) is 2. The third-order valence-electron chi connectivity index (χ3n) is 1.23. The van der Waals surface area contributed by atoms with E-state index < -0.39 is 11.9 Å². The van der Waals surface area contributed by atoms with Crippen molar-refractivity contribution in [3.05, 3.63) is 12.0 Å². The number of carboxylic acid groups (broad SMARTS) is 1. The van der Waals surface area contributed by atoms with Gasteiger partial charge in [-0.15, -0.1) is 6.42 Å². The Hall–Kier alpha value is -2.29. The molecule has 1 heterocycles. The van der Waals surface area contributed by atoms with Crippen LogP contribution in [0.2, 0.25) is 0 Å². The molecule has 14 heavy (non-hydrogen) atoms. The van der Waals surface area contributed by atoms with E-state index in [1.165, 1.54) is 0 Å². The van der Waals surface area contributed by atoms with Crippen LogP contribution in [-0.2, 0) is 4.79 Å². The van der Waals surface area contributed by atoms with Gasteiger partial charge in [-0.2, -0.15) is 0 Å². The first kappa shape index (κ1) is 9.80. The van der Waals surface area contributed by atoms with Gasteiger partial charge in [0.2, 0.25) is 11.7 Å². The lowest BCUT2D eigenvalue weighted by atomic mass is 10.4. The van der Waals surface area contributed by atoms with Crippen molar-refractivity contribution >= 4 is 17.9 Å². The second-order valence-corrected chi connectivity index (χ2v) is 2.26. The number of carbonyl (C=O) groups excluding carboxylic acids is 1. The van der Waals surface area contributed by atoms with Crippen LogP contribution >= 0.6 is 0 Å². The molecule has 6 heteroatoms. The molecule has 0 bridgehead atoms. The number of carbonyl (C=O) groups is 2. The smallest absolute Gasteiger partial charge is 0.373 e. The Morgan fingerprint density at radius 2 is 2.43 bits per heavy atom. The maximum Gasteiger partial charge on any atom is 0.373 e. The highest BCUT2D eigenvalue weighted by Crippen LogP contribution is 2.08. The summed E-state index contributed by atoms with van der Waals surface area (Å²) in [6.45, 7) is 0. The highest BCUT2D eigenvalue weighted by Gasteiger charge is 2.11. The maximum absolute atomic E-state index is 10.9. The predicted octanol–water partition coefficient (Wildman–Crippen LogP) is 0.335. The lowest BCUT2D eigenvalue weighted by Gasteiger charge is -1.94. The molecule has 0 fully saturated rings. The van der Waals surface area contributed by atoms with Crippen molar-refractivity contribution in [3.63, 3.8) is 0 Å². The number of nitrogens with zero attached hydrogens (tertiary/aromatic N) is 1. The fraction of sp³-hybridized carbons (Fsp3) is 0.125. The molecule has 1 aromatic heterocycles. The molecule has 72 valence electrons. The number of nitrogens with one attached hydrogen (secondary N) is 1. The molecule has 0 spiro atoms. The van der Waals surface area contributed by atoms with E-state index in [-0.39, 0.29) is 18.2 Å². The number of amides is 1. The van der Waals surface area contributed by atoms with Gasteiger partial charge in [-0.3, -0.25) is 10.1 Å². The van der Waals surface area contributed by atoms with Gasteiger partial charge in [0.15, 0.2) is 0 Å². The molecular formula is C8H6N2O4. The average molecular weight is 194 g/mol. The first-order valence-corrected chi connectivity index (χ1v) is 3.56. The first-order chi connectivity index (χ1) is 6.63. The van der Waals surface area contributed by atoms with E-state index in [0.29, 0.717) is 0 Å². The molecule has 0 saturated carbocycles. The Kier molecular flexibility index (Phi) is 2.86. The summed E-state index contributed by atoms with van der Waals surface area (Å²) < 4.78 is 4.65. The van der Waals surface area contributed by atoms with E-state index in [0.717, 1.165) is 6.20 Å².